The monoisotopic (exact) mass is 319 g/mol. The van der Waals surface area contributed by atoms with E-state index in [2.05, 4.69) is 15.6 Å². The molecule has 1 aromatic heterocycles. The molecule has 0 fully saturated rings. The predicted octanol–water partition coefficient (Wildman–Crippen LogP) is 2.75. The maximum Gasteiger partial charge on any atom is 0.270 e. The van der Waals surface area contributed by atoms with Crippen LogP contribution in [0.5, 0.6) is 0 Å². The van der Waals surface area contributed by atoms with Crippen molar-refractivity contribution in [3.8, 4) is 0 Å². The summed E-state index contributed by atoms with van der Waals surface area (Å²) in [7, 11) is 0. The lowest BCUT2D eigenvalue weighted by Gasteiger charge is -2.10. The Labute approximate surface area is 131 Å². The van der Waals surface area contributed by atoms with Crippen LogP contribution in [-0.2, 0) is 0 Å². The zero-order valence-electron chi connectivity index (χ0n) is 12.6. The third kappa shape index (κ3) is 4.09. The van der Waals surface area contributed by atoms with Gasteiger partial charge in [-0.2, -0.15) is 0 Å². The largest absolute Gasteiger partial charge is 0.349 e. The molecule has 0 aliphatic rings. The quantitative estimate of drug-likeness (QED) is 0.910. The minimum absolute atomic E-state index is 0.0420. The second-order valence-electron chi connectivity index (χ2n) is 5.11. The number of aromatic nitrogens is 1. The van der Waals surface area contributed by atoms with Crippen LogP contribution in [0.1, 0.15) is 34.7 Å². The Kier molecular flexibility index (Phi) is 5.00. The molecule has 1 aromatic carbocycles. The van der Waals surface area contributed by atoms with Crippen LogP contribution >= 0.6 is 0 Å². The highest BCUT2D eigenvalue weighted by Gasteiger charge is 2.16. The fraction of sp³-hybridized carbons (Fsp3) is 0.188. The molecule has 7 heteroatoms. The van der Waals surface area contributed by atoms with E-state index in [1.807, 2.05) is 0 Å². The number of nitrogens with zero attached hydrogens (tertiary/aromatic N) is 1. The standard InChI is InChI=1S/C16H15F2N3O2/c1-9(2)20-16(23)13-8-10(6-7-19-13)15(22)21-14-11(17)4-3-5-12(14)18/h3-9H,1-2H3,(H,20,23)(H,21,22). The number of rotatable bonds is 4. The van der Waals surface area contributed by atoms with Crippen molar-refractivity contribution in [3.05, 3.63) is 59.4 Å². The molecular formula is C16H15F2N3O2. The number of hydrogen-bond acceptors (Lipinski definition) is 3. The van der Waals surface area contributed by atoms with E-state index in [4.69, 9.17) is 0 Å². The number of anilines is 1. The van der Waals surface area contributed by atoms with Gasteiger partial charge >= 0.3 is 0 Å². The predicted molar refractivity (Wildman–Crippen MR) is 81.2 cm³/mol. The van der Waals surface area contributed by atoms with E-state index < -0.39 is 29.1 Å². The van der Waals surface area contributed by atoms with E-state index in [-0.39, 0.29) is 17.3 Å². The number of hydrogen-bond donors (Lipinski definition) is 2. The minimum atomic E-state index is -0.884. The molecular weight excluding hydrogens is 304 g/mol. The van der Waals surface area contributed by atoms with Gasteiger partial charge in [0.15, 0.2) is 0 Å². The van der Waals surface area contributed by atoms with Gasteiger partial charge in [0.2, 0.25) is 0 Å². The number of para-hydroxylation sites is 1. The molecule has 0 bridgehead atoms. The second kappa shape index (κ2) is 6.95. The van der Waals surface area contributed by atoms with E-state index in [1.165, 1.54) is 24.4 Å². The summed E-state index contributed by atoms with van der Waals surface area (Å²) in [5, 5.41) is 4.79. The van der Waals surface area contributed by atoms with Crippen molar-refractivity contribution in [1.82, 2.24) is 10.3 Å². The molecule has 2 amide bonds. The first-order valence-corrected chi connectivity index (χ1v) is 6.90. The number of nitrogens with one attached hydrogen (secondary N) is 2. The smallest absolute Gasteiger partial charge is 0.270 e. The first kappa shape index (κ1) is 16.5. The molecule has 0 unspecified atom stereocenters. The van der Waals surface area contributed by atoms with E-state index in [9.17, 15) is 18.4 Å². The fourth-order valence-electron chi connectivity index (χ4n) is 1.84. The van der Waals surface area contributed by atoms with E-state index in [1.54, 1.807) is 13.8 Å². The maximum absolute atomic E-state index is 13.5. The highest BCUT2D eigenvalue weighted by Crippen LogP contribution is 2.19. The second-order valence-corrected chi connectivity index (χ2v) is 5.11. The Morgan fingerprint density at radius 1 is 1.09 bits per heavy atom. The number of pyridine rings is 1. The number of halogens is 2. The first-order valence-electron chi connectivity index (χ1n) is 6.90. The van der Waals surface area contributed by atoms with Crippen molar-refractivity contribution in [2.45, 2.75) is 19.9 Å². The fourth-order valence-corrected chi connectivity index (χ4v) is 1.84. The summed E-state index contributed by atoms with van der Waals surface area (Å²) in [6.07, 6.45) is 1.28. The molecule has 0 saturated carbocycles. The zero-order valence-corrected chi connectivity index (χ0v) is 12.6. The molecule has 0 aliphatic carbocycles. The van der Waals surface area contributed by atoms with Gasteiger partial charge in [-0.3, -0.25) is 14.6 Å². The molecule has 2 N–H and O–H groups in total. The Balaban J connectivity index is 2.22. The molecule has 5 nitrogen and oxygen atoms in total. The molecule has 0 atom stereocenters. The van der Waals surface area contributed by atoms with Crippen molar-refractivity contribution in [2.24, 2.45) is 0 Å². The Morgan fingerprint density at radius 2 is 1.74 bits per heavy atom. The van der Waals surface area contributed by atoms with Crippen molar-refractivity contribution >= 4 is 17.5 Å². The highest BCUT2D eigenvalue weighted by atomic mass is 19.1. The van der Waals surface area contributed by atoms with Gasteiger partial charge in [-0.25, -0.2) is 8.78 Å². The van der Waals surface area contributed by atoms with E-state index in [0.29, 0.717) is 0 Å². The molecule has 2 aromatic rings. The first-order chi connectivity index (χ1) is 10.9. The average Bonchev–Trinajstić information content (AvgIpc) is 2.50. The molecule has 1 heterocycles. The maximum atomic E-state index is 13.5. The van der Waals surface area contributed by atoms with Gasteiger partial charge in [-0.05, 0) is 38.1 Å². The molecule has 23 heavy (non-hydrogen) atoms. The Bertz CT molecular complexity index is 728. The van der Waals surface area contributed by atoms with Gasteiger partial charge in [0.1, 0.15) is 23.0 Å². The van der Waals surface area contributed by atoms with Gasteiger partial charge < -0.3 is 10.6 Å². The van der Waals surface area contributed by atoms with Gasteiger partial charge in [0.25, 0.3) is 11.8 Å². The topological polar surface area (TPSA) is 71.1 Å². The van der Waals surface area contributed by atoms with Gasteiger partial charge in [0, 0.05) is 17.8 Å². The summed E-state index contributed by atoms with van der Waals surface area (Å²) in [4.78, 5) is 27.9. The lowest BCUT2D eigenvalue weighted by Crippen LogP contribution is -2.31. The van der Waals surface area contributed by atoms with Crippen molar-refractivity contribution in [1.29, 1.82) is 0 Å². The minimum Gasteiger partial charge on any atom is -0.349 e. The molecule has 120 valence electrons. The normalized spacial score (nSPS) is 10.5. The summed E-state index contributed by atoms with van der Waals surface area (Å²) in [6.45, 7) is 3.57. The zero-order chi connectivity index (χ0) is 17.0. The van der Waals surface area contributed by atoms with E-state index >= 15 is 0 Å². The molecule has 0 radical (unpaired) electrons. The Hall–Kier alpha value is -2.83. The van der Waals surface area contributed by atoms with Crippen LogP contribution in [0, 0.1) is 11.6 Å². The van der Waals surface area contributed by atoms with Gasteiger partial charge in [-0.1, -0.05) is 6.07 Å². The number of carbonyl (C=O) groups is 2. The van der Waals surface area contributed by atoms with Crippen molar-refractivity contribution in [3.63, 3.8) is 0 Å². The van der Waals surface area contributed by atoms with E-state index in [0.717, 1.165) is 12.1 Å². The lowest BCUT2D eigenvalue weighted by molar-refractivity contribution is 0.0938. The van der Waals surface area contributed by atoms with Crippen LogP contribution in [0.4, 0.5) is 14.5 Å². The SMILES string of the molecule is CC(C)NC(=O)c1cc(C(=O)Nc2c(F)cccc2F)ccn1. The van der Waals surface area contributed by atoms with Gasteiger partial charge in [0.05, 0.1) is 0 Å². The molecule has 0 aliphatic heterocycles. The summed E-state index contributed by atoms with van der Waals surface area (Å²) < 4.78 is 27.1. The number of amides is 2. The average molecular weight is 319 g/mol. The third-order valence-corrected chi connectivity index (χ3v) is 2.88. The number of carbonyl (C=O) groups excluding carboxylic acids is 2. The molecule has 2 rings (SSSR count). The van der Waals surface area contributed by atoms with Crippen LogP contribution in [0.25, 0.3) is 0 Å². The van der Waals surface area contributed by atoms with Gasteiger partial charge in [-0.15, -0.1) is 0 Å². The Morgan fingerprint density at radius 3 is 2.35 bits per heavy atom. The van der Waals surface area contributed by atoms with Crippen molar-refractivity contribution < 1.29 is 18.4 Å². The molecule has 0 saturated heterocycles. The summed E-state index contributed by atoms with van der Waals surface area (Å²) in [5.74, 6) is -2.95. The van der Waals surface area contributed by atoms with Crippen LogP contribution in [0.2, 0.25) is 0 Å². The highest BCUT2D eigenvalue weighted by molar-refractivity contribution is 6.05. The van der Waals surface area contributed by atoms with Crippen LogP contribution in [-0.4, -0.2) is 22.8 Å². The van der Waals surface area contributed by atoms with Crippen LogP contribution < -0.4 is 10.6 Å². The van der Waals surface area contributed by atoms with Crippen LogP contribution in [0.3, 0.4) is 0 Å². The number of benzene rings is 1. The summed E-state index contributed by atoms with van der Waals surface area (Å²) in [5.41, 5.74) is -0.431. The molecule has 0 spiro atoms. The summed E-state index contributed by atoms with van der Waals surface area (Å²) in [6, 6.07) is 5.78. The van der Waals surface area contributed by atoms with Crippen molar-refractivity contribution in [2.75, 3.05) is 5.32 Å². The summed E-state index contributed by atoms with van der Waals surface area (Å²) >= 11 is 0. The lowest BCUT2D eigenvalue weighted by atomic mass is 10.2. The third-order valence-electron chi connectivity index (χ3n) is 2.88. The van der Waals surface area contributed by atoms with Crippen LogP contribution in [0.15, 0.2) is 36.5 Å².